The summed E-state index contributed by atoms with van der Waals surface area (Å²) in [6.07, 6.45) is 0.921. The normalized spacial score (nSPS) is 12.2. The van der Waals surface area contributed by atoms with Crippen LogP contribution < -0.4 is 10.6 Å². The summed E-state index contributed by atoms with van der Waals surface area (Å²) in [4.78, 5) is 11.4. The van der Waals surface area contributed by atoms with Gasteiger partial charge in [-0.1, -0.05) is 28.9 Å². The summed E-state index contributed by atoms with van der Waals surface area (Å²) in [7, 11) is 0. The number of amides is 1. The van der Waals surface area contributed by atoms with Crippen molar-refractivity contribution in [2.75, 3.05) is 13.1 Å². The van der Waals surface area contributed by atoms with Gasteiger partial charge in [0.25, 0.3) is 0 Å². The molecule has 0 fully saturated rings. The molecule has 1 unspecified atom stereocenters. The van der Waals surface area contributed by atoms with Crippen molar-refractivity contribution in [3.8, 4) is 0 Å². The van der Waals surface area contributed by atoms with Crippen LogP contribution in [0.1, 0.15) is 31.9 Å². The highest BCUT2D eigenvalue weighted by Crippen LogP contribution is 2.23. The fourth-order valence-corrected chi connectivity index (χ4v) is 2.23. The summed E-state index contributed by atoms with van der Waals surface area (Å²) in [6.45, 7) is 4.89. The Labute approximate surface area is 115 Å². The maximum atomic E-state index is 12.9. The summed E-state index contributed by atoms with van der Waals surface area (Å²) < 4.78 is 13.7. The van der Waals surface area contributed by atoms with Crippen LogP contribution >= 0.6 is 15.9 Å². The smallest absolute Gasteiger partial charge is 0.233 e. The summed E-state index contributed by atoms with van der Waals surface area (Å²) in [5.41, 5.74) is 0.930. The third kappa shape index (κ3) is 4.74. The summed E-state index contributed by atoms with van der Waals surface area (Å²) in [5, 5.41) is 5.89. The highest BCUT2D eigenvalue weighted by Gasteiger charge is 2.11. The Kier molecular flexibility index (Phi) is 6.29. The van der Waals surface area contributed by atoms with Crippen molar-refractivity contribution in [3.63, 3.8) is 0 Å². The van der Waals surface area contributed by atoms with Crippen LogP contribution in [0.25, 0.3) is 0 Å². The third-order valence-corrected chi connectivity index (χ3v) is 3.26. The largest absolute Gasteiger partial charge is 0.355 e. The van der Waals surface area contributed by atoms with Crippen LogP contribution in [0.3, 0.4) is 0 Å². The van der Waals surface area contributed by atoms with E-state index in [1.54, 1.807) is 6.07 Å². The van der Waals surface area contributed by atoms with E-state index in [1.165, 1.54) is 12.1 Å². The Morgan fingerprint density at radius 2 is 2.22 bits per heavy atom. The molecule has 5 heteroatoms. The van der Waals surface area contributed by atoms with Gasteiger partial charge in [-0.2, -0.15) is 0 Å². The summed E-state index contributed by atoms with van der Waals surface area (Å²) in [6, 6.07) is 4.52. The Morgan fingerprint density at radius 3 is 2.83 bits per heavy atom. The minimum atomic E-state index is -0.279. The van der Waals surface area contributed by atoms with Gasteiger partial charge in [0.1, 0.15) is 5.82 Å². The maximum absolute atomic E-state index is 12.9. The van der Waals surface area contributed by atoms with Gasteiger partial charge in [-0.05, 0) is 31.0 Å². The molecule has 2 N–H and O–H groups in total. The second-order valence-electron chi connectivity index (χ2n) is 4.12. The molecule has 1 rings (SSSR count). The molecule has 0 spiro atoms. The van der Waals surface area contributed by atoms with Gasteiger partial charge in [0, 0.05) is 17.1 Å². The molecule has 1 aromatic rings. The van der Waals surface area contributed by atoms with Crippen molar-refractivity contribution in [3.05, 3.63) is 34.1 Å². The van der Waals surface area contributed by atoms with Crippen LogP contribution in [0.2, 0.25) is 0 Å². The summed E-state index contributed by atoms with van der Waals surface area (Å²) in [5.74, 6) is -0.305. The molecule has 0 aliphatic heterocycles. The van der Waals surface area contributed by atoms with Crippen molar-refractivity contribution in [1.29, 1.82) is 0 Å². The molecule has 100 valence electrons. The van der Waals surface area contributed by atoms with E-state index in [4.69, 9.17) is 0 Å². The van der Waals surface area contributed by atoms with Crippen LogP contribution in [0, 0.1) is 5.82 Å². The van der Waals surface area contributed by atoms with Gasteiger partial charge in [-0.15, -0.1) is 0 Å². The van der Waals surface area contributed by atoms with E-state index < -0.39 is 0 Å². The lowest BCUT2D eigenvalue weighted by molar-refractivity contribution is -0.120. The first-order valence-electron chi connectivity index (χ1n) is 5.99. The van der Waals surface area contributed by atoms with E-state index in [0.717, 1.165) is 12.0 Å². The number of halogens is 2. The van der Waals surface area contributed by atoms with E-state index in [9.17, 15) is 9.18 Å². The first-order chi connectivity index (χ1) is 8.54. The van der Waals surface area contributed by atoms with Gasteiger partial charge in [0.05, 0.1) is 6.54 Å². The first kappa shape index (κ1) is 15.1. The maximum Gasteiger partial charge on any atom is 0.233 e. The molecule has 18 heavy (non-hydrogen) atoms. The van der Waals surface area contributed by atoms with Gasteiger partial charge in [0.15, 0.2) is 0 Å². The van der Waals surface area contributed by atoms with E-state index in [1.807, 2.05) is 13.8 Å². The van der Waals surface area contributed by atoms with Crippen LogP contribution in [-0.2, 0) is 4.79 Å². The second kappa shape index (κ2) is 7.48. The number of carbonyl (C=O) groups is 1. The van der Waals surface area contributed by atoms with Gasteiger partial charge in [-0.25, -0.2) is 4.39 Å². The highest BCUT2D eigenvalue weighted by atomic mass is 79.9. The minimum absolute atomic E-state index is 0.0210. The Bertz CT molecular complexity index is 412. The predicted molar refractivity (Wildman–Crippen MR) is 73.8 cm³/mol. The highest BCUT2D eigenvalue weighted by molar-refractivity contribution is 9.10. The topological polar surface area (TPSA) is 41.1 Å². The molecule has 0 saturated carbocycles. The van der Waals surface area contributed by atoms with Crippen LogP contribution in [0.5, 0.6) is 0 Å². The molecular weight excluding hydrogens is 299 g/mol. The molecule has 1 aromatic carbocycles. The zero-order valence-electron chi connectivity index (χ0n) is 10.6. The van der Waals surface area contributed by atoms with Gasteiger partial charge in [-0.3, -0.25) is 4.79 Å². The average molecular weight is 317 g/mol. The van der Waals surface area contributed by atoms with E-state index in [-0.39, 0.29) is 24.3 Å². The number of nitrogens with one attached hydrogen (secondary N) is 2. The van der Waals surface area contributed by atoms with Crippen LogP contribution in [0.4, 0.5) is 4.39 Å². The van der Waals surface area contributed by atoms with Gasteiger partial charge >= 0.3 is 0 Å². The quantitative estimate of drug-likeness (QED) is 0.847. The molecule has 3 nitrogen and oxygen atoms in total. The number of carbonyl (C=O) groups excluding carboxylic acids is 1. The number of hydrogen-bond donors (Lipinski definition) is 2. The molecule has 0 radical (unpaired) electrons. The van der Waals surface area contributed by atoms with Crippen molar-refractivity contribution in [1.82, 2.24) is 10.6 Å². The zero-order chi connectivity index (χ0) is 13.5. The monoisotopic (exact) mass is 316 g/mol. The molecule has 0 saturated heterocycles. The fourth-order valence-electron chi connectivity index (χ4n) is 1.54. The second-order valence-corrected chi connectivity index (χ2v) is 4.97. The van der Waals surface area contributed by atoms with Gasteiger partial charge < -0.3 is 10.6 Å². The third-order valence-electron chi connectivity index (χ3n) is 2.57. The van der Waals surface area contributed by atoms with Crippen molar-refractivity contribution < 1.29 is 9.18 Å². The Morgan fingerprint density at radius 1 is 1.50 bits per heavy atom. The van der Waals surface area contributed by atoms with Crippen molar-refractivity contribution in [2.24, 2.45) is 0 Å². The fraction of sp³-hybridized carbons (Fsp3) is 0.462. The number of benzene rings is 1. The van der Waals surface area contributed by atoms with Crippen LogP contribution in [-0.4, -0.2) is 19.0 Å². The predicted octanol–water partition coefficient (Wildman–Crippen LogP) is 2.77. The Balaban J connectivity index is 2.50. The number of rotatable bonds is 6. The molecule has 0 aromatic heterocycles. The summed E-state index contributed by atoms with van der Waals surface area (Å²) >= 11 is 3.32. The Hall–Kier alpha value is -0.940. The van der Waals surface area contributed by atoms with Crippen molar-refractivity contribution in [2.45, 2.75) is 26.3 Å². The molecule has 0 bridgehead atoms. The molecule has 0 aliphatic carbocycles. The zero-order valence-corrected chi connectivity index (χ0v) is 12.2. The molecule has 1 atom stereocenters. The molecule has 0 heterocycles. The SMILES string of the molecule is CCCNC(=O)CNC(C)c1ccc(F)cc1Br. The lowest BCUT2D eigenvalue weighted by Gasteiger charge is -2.15. The van der Waals surface area contributed by atoms with E-state index in [0.29, 0.717) is 11.0 Å². The van der Waals surface area contributed by atoms with E-state index >= 15 is 0 Å². The minimum Gasteiger partial charge on any atom is -0.355 e. The van der Waals surface area contributed by atoms with Crippen LogP contribution in [0.15, 0.2) is 22.7 Å². The average Bonchev–Trinajstić information content (AvgIpc) is 2.33. The first-order valence-corrected chi connectivity index (χ1v) is 6.79. The molecular formula is C13H18BrFN2O. The van der Waals surface area contributed by atoms with E-state index in [2.05, 4.69) is 26.6 Å². The standard InChI is InChI=1S/C13H18BrFN2O/c1-3-6-16-13(18)8-17-9(2)11-5-4-10(15)7-12(11)14/h4-5,7,9,17H,3,6,8H2,1-2H3,(H,16,18). The molecule has 0 aliphatic rings. The van der Waals surface area contributed by atoms with Crippen molar-refractivity contribution >= 4 is 21.8 Å². The number of hydrogen-bond acceptors (Lipinski definition) is 2. The lowest BCUT2D eigenvalue weighted by atomic mass is 10.1. The lowest BCUT2D eigenvalue weighted by Crippen LogP contribution is -2.35. The molecule has 1 amide bonds. The van der Waals surface area contributed by atoms with Gasteiger partial charge in [0.2, 0.25) is 5.91 Å².